The van der Waals surface area contributed by atoms with E-state index >= 15 is 0 Å². The first kappa shape index (κ1) is 17.2. The van der Waals surface area contributed by atoms with E-state index in [0.29, 0.717) is 16.8 Å². The average Bonchev–Trinajstić information content (AvgIpc) is 2.64. The Hall–Kier alpha value is -2.68. The zero-order valence-corrected chi connectivity index (χ0v) is 14.5. The molecule has 0 spiro atoms. The highest BCUT2D eigenvalue weighted by molar-refractivity contribution is 6.25. The van der Waals surface area contributed by atoms with E-state index in [1.807, 2.05) is 12.1 Å². The second-order valence-electron chi connectivity index (χ2n) is 6.43. The molecule has 0 bridgehead atoms. The van der Waals surface area contributed by atoms with Crippen LogP contribution in [0.25, 0.3) is 0 Å². The van der Waals surface area contributed by atoms with Crippen LogP contribution in [0.15, 0.2) is 60.3 Å². The van der Waals surface area contributed by atoms with E-state index in [1.165, 1.54) is 37.3 Å². The summed E-state index contributed by atoms with van der Waals surface area (Å²) in [6, 6.07) is 15.0. The van der Waals surface area contributed by atoms with Crippen molar-refractivity contribution in [3.63, 3.8) is 0 Å². The summed E-state index contributed by atoms with van der Waals surface area (Å²) in [6.07, 6.45) is 7.46. The van der Waals surface area contributed by atoms with Crippen molar-refractivity contribution in [3.8, 4) is 0 Å². The minimum atomic E-state index is -0.140. The van der Waals surface area contributed by atoms with Crippen LogP contribution in [-0.4, -0.2) is 11.6 Å². The SMILES string of the molecule is CCCCCCc1ccc(NC2=CC(=O)c3ccccc3C2=O)cc1. The smallest absolute Gasteiger partial charge is 0.210 e. The van der Waals surface area contributed by atoms with Crippen LogP contribution in [0.1, 0.15) is 58.9 Å². The molecule has 0 amide bonds. The summed E-state index contributed by atoms with van der Waals surface area (Å²) in [4.78, 5) is 24.7. The Kier molecular flexibility index (Phi) is 5.44. The van der Waals surface area contributed by atoms with Gasteiger partial charge in [0.15, 0.2) is 5.78 Å². The Morgan fingerprint density at radius 3 is 2.28 bits per heavy atom. The van der Waals surface area contributed by atoms with Gasteiger partial charge in [-0.25, -0.2) is 0 Å². The summed E-state index contributed by atoms with van der Waals surface area (Å²) in [7, 11) is 0. The standard InChI is InChI=1S/C22H23NO2/c1-2-3-4-5-8-16-11-13-17(14-12-16)23-20-15-21(24)18-9-6-7-10-19(18)22(20)25/h6-7,9-15,23H,2-5,8H2,1H3. The molecule has 0 atom stereocenters. The lowest BCUT2D eigenvalue weighted by Crippen LogP contribution is -2.21. The maximum absolute atomic E-state index is 12.6. The van der Waals surface area contributed by atoms with E-state index < -0.39 is 0 Å². The maximum atomic E-state index is 12.6. The third-order valence-corrected chi connectivity index (χ3v) is 4.51. The zero-order chi connectivity index (χ0) is 17.6. The summed E-state index contributed by atoms with van der Waals surface area (Å²) in [5.74, 6) is -0.274. The predicted octanol–water partition coefficient (Wildman–Crippen LogP) is 5.18. The lowest BCUT2D eigenvalue weighted by molar-refractivity contribution is 0.0985. The fraction of sp³-hybridized carbons (Fsp3) is 0.273. The molecule has 0 saturated heterocycles. The van der Waals surface area contributed by atoms with Crippen molar-refractivity contribution in [3.05, 3.63) is 77.0 Å². The van der Waals surface area contributed by atoms with E-state index in [2.05, 4.69) is 24.4 Å². The summed E-state index contributed by atoms with van der Waals surface area (Å²) < 4.78 is 0. The monoisotopic (exact) mass is 333 g/mol. The third kappa shape index (κ3) is 4.05. The molecule has 0 unspecified atom stereocenters. The van der Waals surface area contributed by atoms with Crippen molar-refractivity contribution in [2.45, 2.75) is 39.0 Å². The summed E-state index contributed by atoms with van der Waals surface area (Å²) in [5, 5.41) is 3.10. The fourth-order valence-corrected chi connectivity index (χ4v) is 3.07. The summed E-state index contributed by atoms with van der Waals surface area (Å²) >= 11 is 0. The molecule has 1 aliphatic carbocycles. The van der Waals surface area contributed by atoms with Gasteiger partial charge in [-0.2, -0.15) is 0 Å². The van der Waals surface area contributed by atoms with Gasteiger partial charge < -0.3 is 5.32 Å². The predicted molar refractivity (Wildman–Crippen MR) is 101 cm³/mol. The normalized spacial score (nSPS) is 13.4. The summed E-state index contributed by atoms with van der Waals surface area (Å²) in [6.45, 7) is 2.21. The second kappa shape index (κ2) is 7.93. The van der Waals surface area contributed by atoms with E-state index in [4.69, 9.17) is 0 Å². The van der Waals surface area contributed by atoms with Gasteiger partial charge >= 0.3 is 0 Å². The second-order valence-corrected chi connectivity index (χ2v) is 6.43. The highest BCUT2D eigenvalue weighted by atomic mass is 16.1. The maximum Gasteiger partial charge on any atom is 0.210 e. The van der Waals surface area contributed by atoms with Gasteiger partial charge in [-0.3, -0.25) is 9.59 Å². The highest BCUT2D eigenvalue weighted by Crippen LogP contribution is 2.23. The number of carbonyl (C=O) groups is 2. The van der Waals surface area contributed by atoms with Crippen LogP contribution in [0.3, 0.4) is 0 Å². The number of nitrogens with one attached hydrogen (secondary N) is 1. The third-order valence-electron chi connectivity index (χ3n) is 4.51. The van der Waals surface area contributed by atoms with Gasteiger partial charge in [0.1, 0.15) is 0 Å². The number of hydrogen-bond acceptors (Lipinski definition) is 3. The molecule has 1 aliphatic rings. The van der Waals surface area contributed by atoms with Gasteiger partial charge in [0.25, 0.3) is 0 Å². The van der Waals surface area contributed by atoms with E-state index in [9.17, 15) is 9.59 Å². The van der Waals surface area contributed by atoms with Gasteiger partial charge in [-0.05, 0) is 30.5 Å². The number of hydrogen-bond donors (Lipinski definition) is 1. The molecular weight excluding hydrogens is 310 g/mol. The molecule has 0 saturated carbocycles. The number of allylic oxidation sites excluding steroid dienone is 2. The Balaban J connectivity index is 1.67. The Morgan fingerprint density at radius 2 is 1.56 bits per heavy atom. The molecule has 0 fully saturated rings. The fourth-order valence-electron chi connectivity index (χ4n) is 3.07. The van der Waals surface area contributed by atoms with Crippen molar-refractivity contribution in [1.82, 2.24) is 0 Å². The number of anilines is 1. The summed E-state index contributed by atoms with van der Waals surface area (Å²) in [5.41, 5.74) is 3.39. The molecule has 2 aromatic carbocycles. The van der Waals surface area contributed by atoms with Crippen LogP contribution in [0.4, 0.5) is 5.69 Å². The molecule has 2 aromatic rings. The topological polar surface area (TPSA) is 46.2 Å². The van der Waals surface area contributed by atoms with Crippen LogP contribution >= 0.6 is 0 Å². The highest BCUT2D eigenvalue weighted by Gasteiger charge is 2.24. The van der Waals surface area contributed by atoms with E-state index in [0.717, 1.165) is 12.1 Å². The van der Waals surface area contributed by atoms with E-state index in [1.54, 1.807) is 24.3 Å². The van der Waals surface area contributed by atoms with Crippen LogP contribution in [0.5, 0.6) is 0 Å². The van der Waals surface area contributed by atoms with Crippen LogP contribution in [0.2, 0.25) is 0 Å². The molecule has 0 aromatic heterocycles. The van der Waals surface area contributed by atoms with Crippen molar-refractivity contribution >= 4 is 17.3 Å². The Morgan fingerprint density at radius 1 is 0.840 bits per heavy atom. The van der Waals surface area contributed by atoms with Crippen molar-refractivity contribution in [1.29, 1.82) is 0 Å². The molecule has 3 rings (SSSR count). The number of unbranched alkanes of at least 4 members (excludes halogenated alkanes) is 3. The number of rotatable bonds is 7. The van der Waals surface area contributed by atoms with E-state index in [-0.39, 0.29) is 11.6 Å². The number of Topliss-reactive ketones (excluding diaryl/α,β-unsaturated/α-hetero) is 1. The van der Waals surface area contributed by atoms with Gasteiger partial charge in [-0.15, -0.1) is 0 Å². The zero-order valence-electron chi connectivity index (χ0n) is 14.5. The molecular formula is C22H23NO2. The first-order chi connectivity index (χ1) is 12.2. The molecule has 0 radical (unpaired) electrons. The first-order valence-corrected chi connectivity index (χ1v) is 8.94. The van der Waals surface area contributed by atoms with Crippen molar-refractivity contribution in [2.24, 2.45) is 0 Å². The minimum Gasteiger partial charge on any atom is -0.352 e. The quantitative estimate of drug-likeness (QED) is 0.710. The van der Waals surface area contributed by atoms with Crippen LogP contribution in [-0.2, 0) is 6.42 Å². The van der Waals surface area contributed by atoms with Crippen molar-refractivity contribution in [2.75, 3.05) is 5.32 Å². The van der Waals surface area contributed by atoms with Crippen molar-refractivity contribution < 1.29 is 9.59 Å². The van der Waals surface area contributed by atoms with Gasteiger partial charge in [0.05, 0.1) is 5.70 Å². The lowest BCUT2D eigenvalue weighted by Gasteiger charge is -2.16. The van der Waals surface area contributed by atoms with Gasteiger partial charge in [-0.1, -0.05) is 62.6 Å². The van der Waals surface area contributed by atoms with Crippen LogP contribution in [0, 0.1) is 0 Å². The average molecular weight is 333 g/mol. The number of aryl methyl sites for hydroxylation is 1. The first-order valence-electron chi connectivity index (χ1n) is 8.94. The minimum absolute atomic E-state index is 0.134. The largest absolute Gasteiger partial charge is 0.352 e. The Labute approximate surface area is 148 Å². The van der Waals surface area contributed by atoms with Gasteiger partial charge in [0, 0.05) is 22.9 Å². The van der Waals surface area contributed by atoms with Gasteiger partial charge in [0.2, 0.25) is 5.78 Å². The molecule has 0 aliphatic heterocycles. The molecule has 128 valence electrons. The lowest BCUT2D eigenvalue weighted by atomic mass is 9.92. The molecule has 1 N–H and O–H groups in total. The number of ketones is 2. The number of benzene rings is 2. The Bertz CT molecular complexity index is 803. The molecule has 3 heteroatoms. The molecule has 25 heavy (non-hydrogen) atoms. The van der Waals surface area contributed by atoms with Crippen LogP contribution < -0.4 is 5.32 Å². The molecule has 0 heterocycles. The number of fused-ring (bicyclic) bond motifs is 1. The molecule has 3 nitrogen and oxygen atoms in total. The number of carbonyl (C=O) groups excluding carboxylic acids is 2.